The molecule has 1 amide bonds. The molecule has 0 radical (unpaired) electrons. The molecule has 0 aromatic carbocycles. The SMILES string of the molecule is Cc1cncc(F)c1C(=O)NC(CCN(CCCCc1ccc2c(n1)NCCC2)CCOC1CC1)C(=O)O. The number of hydrogen-bond donors (Lipinski definition) is 3. The number of fused-ring (bicyclic) bond motifs is 1. The minimum Gasteiger partial charge on any atom is -0.480 e. The van der Waals surface area contributed by atoms with Crippen LogP contribution in [0.3, 0.4) is 0 Å². The number of carboxylic acids is 1. The van der Waals surface area contributed by atoms with E-state index in [-0.39, 0.29) is 12.0 Å². The van der Waals surface area contributed by atoms with E-state index in [2.05, 4.69) is 32.7 Å². The summed E-state index contributed by atoms with van der Waals surface area (Å²) in [5, 5.41) is 15.6. The van der Waals surface area contributed by atoms with Crippen LogP contribution < -0.4 is 10.6 Å². The normalized spacial score (nSPS) is 15.6. The minimum atomic E-state index is -1.15. The number of hydrogen-bond acceptors (Lipinski definition) is 7. The molecule has 1 aliphatic carbocycles. The van der Waals surface area contributed by atoms with E-state index in [1.807, 2.05) is 0 Å². The number of aryl methyl sites for hydroxylation is 3. The van der Waals surface area contributed by atoms with Gasteiger partial charge in [0.1, 0.15) is 11.9 Å². The van der Waals surface area contributed by atoms with Crippen LogP contribution in [0.25, 0.3) is 0 Å². The summed E-state index contributed by atoms with van der Waals surface area (Å²) in [7, 11) is 0. The zero-order valence-corrected chi connectivity index (χ0v) is 22.0. The van der Waals surface area contributed by atoms with Crippen molar-refractivity contribution in [3.63, 3.8) is 0 Å². The van der Waals surface area contributed by atoms with Gasteiger partial charge in [-0.15, -0.1) is 0 Å². The standard InChI is InChI=1S/C28H38FN5O4/c1-19-17-30-18-23(29)25(19)27(35)33-24(28(36)37)11-14-34(15-16-38-22-9-10-22)13-3-2-6-21-8-7-20-5-4-12-31-26(20)32-21/h7-8,17-18,22,24H,2-6,9-16H2,1H3,(H,31,32)(H,33,35)(H,36,37). The molecule has 10 heteroatoms. The Labute approximate surface area is 223 Å². The number of unbranched alkanes of at least 4 members (excludes halogenated alkanes) is 1. The van der Waals surface area contributed by atoms with Crippen LogP contribution in [0.5, 0.6) is 0 Å². The fraction of sp³-hybridized carbons (Fsp3) is 0.571. The molecule has 2 aromatic heterocycles. The number of nitrogens with one attached hydrogen (secondary N) is 2. The first-order valence-electron chi connectivity index (χ1n) is 13.6. The molecule has 2 aromatic rings. The second kappa shape index (κ2) is 13.6. The highest BCUT2D eigenvalue weighted by Gasteiger charge is 2.25. The van der Waals surface area contributed by atoms with E-state index in [0.717, 1.165) is 75.7 Å². The van der Waals surface area contributed by atoms with Crippen molar-refractivity contribution in [2.75, 3.05) is 38.1 Å². The maximum absolute atomic E-state index is 14.2. The Morgan fingerprint density at radius 2 is 2.08 bits per heavy atom. The lowest BCUT2D eigenvalue weighted by Crippen LogP contribution is -2.44. The first-order chi connectivity index (χ1) is 18.4. The molecule has 2 aliphatic rings. The molecule has 3 N–H and O–H groups in total. The minimum absolute atomic E-state index is 0.174. The number of aromatic nitrogens is 2. The number of carbonyl (C=O) groups excluding carboxylic acids is 1. The van der Waals surface area contributed by atoms with Crippen molar-refractivity contribution in [1.82, 2.24) is 20.2 Å². The number of carbonyl (C=O) groups is 2. The summed E-state index contributed by atoms with van der Waals surface area (Å²) in [6, 6.07) is 3.15. The summed E-state index contributed by atoms with van der Waals surface area (Å²) in [5.41, 5.74) is 2.54. The Hall–Kier alpha value is -3.11. The van der Waals surface area contributed by atoms with Crippen LogP contribution in [0.2, 0.25) is 0 Å². The molecular formula is C28H38FN5O4. The molecule has 1 unspecified atom stereocenters. The van der Waals surface area contributed by atoms with Crippen LogP contribution in [-0.2, 0) is 22.4 Å². The summed E-state index contributed by atoms with van der Waals surface area (Å²) in [5.74, 6) is -1.65. The van der Waals surface area contributed by atoms with Crippen LogP contribution in [0.1, 0.15) is 65.7 Å². The first kappa shape index (κ1) is 27.9. The molecule has 1 saturated carbocycles. The van der Waals surface area contributed by atoms with Gasteiger partial charge in [0, 0.05) is 31.5 Å². The summed E-state index contributed by atoms with van der Waals surface area (Å²) < 4.78 is 20.0. The van der Waals surface area contributed by atoms with Crippen molar-refractivity contribution in [2.45, 2.75) is 70.4 Å². The number of anilines is 1. The van der Waals surface area contributed by atoms with Crippen molar-refractivity contribution < 1.29 is 23.8 Å². The van der Waals surface area contributed by atoms with Gasteiger partial charge in [-0.2, -0.15) is 0 Å². The van der Waals surface area contributed by atoms with Crippen molar-refractivity contribution in [3.05, 3.63) is 52.7 Å². The topological polar surface area (TPSA) is 117 Å². The molecular weight excluding hydrogens is 489 g/mol. The first-order valence-corrected chi connectivity index (χ1v) is 13.6. The Kier molecular flexibility index (Phi) is 10.0. The summed E-state index contributed by atoms with van der Waals surface area (Å²) in [4.78, 5) is 35.2. The van der Waals surface area contributed by atoms with Crippen LogP contribution >= 0.6 is 0 Å². The summed E-state index contributed by atoms with van der Waals surface area (Å²) >= 11 is 0. The van der Waals surface area contributed by atoms with Crippen LogP contribution in [0.4, 0.5) is 10.2 Å². The fourth-order valence-electron chi connectivity index (χ4n) is 4.69. The predicted octanol–water partition coefficient (Wildman–Crippen LogP) is 3.36. The lowest BCUT2D eigenvalue weighted by molar-refractivity contribution is -0.139. The van der Waals surface area contributed by atoms with E-state index in [1.54, 1.807) is 6.92 Å². The molecule has 9 nitrogen and oxygen atoms in total. The Morgan fingerprint density at radius 3 is 2.84 bits per heavy atom. The van der Waals surface area contributed by atoms with E-state index in [0.29, 0.717) is 31.4 Å². The van der Waals surface area contributed by atoms with Gasteiger partial charge in [0.25, 0.3) is 5.91 Å². The molecule has 1 aliphatic heterocycles. The van der Waals surface area contributed by atoms with Crippen LogP contribution in [0, 0.1) is 12.7 Å². The van der Waals surface area contributed by atoms with Crippen molar-refractivity contribution in [3.8, 4) is 0 Å². The highest BCUT2D eigenvalue weighted by Crippen LogP contribution is 2.23. The molecule has 0 bridgehead atoms. The Balaban J connectivity index is 1.28. The Morgan fingerprint density at radius 1 is 1.24 bits per heavy atom. The number of carboxylic acid groups (broad SMARTS) is 1. The van der Waals surface area contributed by atoms with Crippen LogP contribution in [0.15, 0.2) is 24.5 Å². The van der Waals surface area contributed by atoms with Crippen molar-refractivity contribution in [2.24, 2.45) is 0 Å². The monoisotopic (exact) mass is 527 g/mol. The van der Waals surface area contributed by atoms with Gasteiger partial charge in [-0.3, -0.25) is 9.78 Å². The second-order valence-corrected chi connectivity index (χ2v) is 10.2. The maximum atomic E-state index is 14.2. The molecule has 0 spiro atoms. The van der Waals surface area contributed by atoms with E-state index in [9.17, 15) is 19.1 Å². The molecule has 38 heavy (non-hydrogen) atoms. The highest BCUT2D eigenvalue weighted by molar-refractivity contribution is 5.97. The maximum Gasteiger partial charge on any atom is 0.326 e. The van der Waals surface area contributed by atoms with Gasteiger partial charge in [-0.1, -0.05) is 6.07 Å². The number of rotatable bonds is 15. The van der Waals surface area contributed by atoms with Gasteiger partial charge in [0.05, 0.1) is 24.5 Å². The van der Waals surface area contributed by atoms with Gasteiger partial charge in [0.2, 0.25) is 0 Å². The highest BCUT2D eigenvalue weighted by atomic mass is 19.1. The fourth-order valence-corrected chi connectivity index (χ4v) is 4.69. The number of pyridine rings is 2. The average molecular weight is 528 g/mol. The van der Waals surface area contributed by atoms with Crippen LogP contribution in [-0.4, -0.2) is 76.8 Å². The largest absolute Gasteiger partial charge is 0.480 e. The average Bonchev–Trinajstić information content (AvgIpc) is 3.72. The Bertz CT molecular complexity index is 1090. The molecule has 0 saturated heterocycles. The quantitative estimate of drug-likeness (QED) is 0.302. The van der Waals surface area contributed by atoms with E-state index in [4.69, 9.17) is 9.72 Å². The molecule has 206 valence electrons. The van der Waals surface area contributed by atoms with E-state index < -0.39 is 23.7 Å². The third-order valence-electron chi connectivity index (χ3n) is 7.05. The number of amides is 1. The number of nitrogens with zero attached hydrogens (tertiary/aromatic N) is 3. The molecule has 1 atom stereocenters. The zero-order valence-electron chi connectivity index (χ0n) is 22.0. The summed E-state index contributed by atoms with van der Waals surface area (Å²) in [6.45, 7) is 5.08. The molecule has 4 rings (SSSR count). The van der Waals surface area contributed by atoms with E-state index in [1.165, 1.54) is 11.8 Å². The third kappa shape index (κ3) is 8.19. The second-order valence-electron chi connectivity index (χ2n) is 10.2. The van der Waals surface area contributed by atoms with Gasteiger partial charge in [-0.25, -0.2) is 14.2 Å². The molecule has 3 heterocycles. The van der Waals surface area contributed by atoms with Gasteiger partial charge < -0.3 is 25.4 Å². The number of aliphatic carboxylic acids is 1. The lowest BCUT2D eigenvalue weighted by Gasteiger charge is -2.24. The van der Waals surface area contributed by atoms with Crippen molar-refractivity contribution in [1.29, 1.82) is 0 Å². The van der Waals surface area contributed by atoms with E-state index >= 15 is 0 Å². The smallest absolute Gasteiger partial charge is 0.326 e. The number of halogens is 1. The van der Waals surface area contributed by atoms with Gasteiger partial charge >= 0.3 is 5.97 Å². The van der Waals surface area contributed by atoms with Crippen molar-refractivity contribution >= 4 is 17.7 Å². The summed E-state index contributed by atoms with van der Waals surface area (Å²) in [6.07, 6.45) is 10.1. The van der Waals surface area contributed by atoms with Gasteiger partial charge in [0.15, 0.2) is 5.82 Å². The third-order valence-corrected chi connectivity index (χ3v) is 7.05. The van der Waals surface area contributed by atoms with Gasteiger partial charge in [-0.05, 0) is 82.0 Å². The number of ether oxygens (including phenoxy) is 1. The zero-order chi connectivity index (χ0) is 26.9. The predicted molar refractivity (Wildman–Crippen MR) is 142 cm³/mol. The lowest BCUT2D eigenvalue weighted by atomic mass is 10.1. The molecule has 1 fully saturated rings.